The molecule has 1 N–H and O–H groups in total. The van der Waals surface area contributed by atoms with Gasteiger partial charge in [-0.2, -0.15) is 0 Å². The van der Waals surface area contributed by atoms with Crippen LogP contribution in [0.5, 0.6) is 0 Å². The van der Waals surface area contributed by atoms with Gasteiger partial charge in [0.05, 0.1) is 0 Å². The summed E-state index contributed by atoms with van der Waals surface area (Å²) >= 11 is 0. The highest BCUT2D eigenvalue weighted by atomic mass is 14.9. The van der Waals surface area contributed by atoms with E-state index in [4.69, 9.17) is 0 Å². The van der Waals surface area contributed by atoms with Crippen molar-refractivity contribution in [1.29, 1.82) is 0 Å². The quantitative estimate of drug-likeness (QED) is 0.799. The lowest BCUT2D eigenvalue weighted by molar-refractivity contribution is 0.488. The summed E-state index contributed by atoms with van der Waals surface area (Å²) in [6.07, 6.45) is 6.80. The maximum atomic E-state index is 3.63. The first kappa shape index (κ1) is 10.3. The molecule has 2 atom stereocenters. The Bertz CT molecular complexity index is 377. The van der Waals surface area contributed by atoms with Gasteiger partial charge < -0.3 is 5.32 Å². The smallest absolute Gasteiger partial charge is 0.00733 e. The molecule has 1 aliphatic heterocycles. The van der Waals surface area contributed by atoms with Crippen LogP contribution in [-0.2, 0) is 6.42 Å². The fourth-order valence-electron chi connectivity index (χ4n) is 3.47. The molecule has 1 aromatic rings. The summed E-state index contributed by atoms with van der Waals surface area (Å²) in [5, 5.41) is 3.63. The first-order valence-electron chi connectivity index (χ1n) is 6.66. The molecular weight excluding hydrogens is 194 g/mol. The van der Waals surface area contributed by atoms with Crippen LogP contribution in [0.3, 0.4) is 0 Å². The third-order valence-corrected chi connectivity index (χ3v) is 4.36. The molecule has 86 valence electrons. The Morgan fingerprint density at radius 3 is 3.06 bits per heavy atom. The summed E-state index contributed by atoms with van der Waals surface area (Å²) < 4.78 is 0. The van der Waals surface area contributed by atoms with Crippen LogP contribution in [0, 0.1) is 6.92 Å². The molecule has 1 fully saturated rings. The summed E-state index contributed by atoms with van der Waals surface area (Å²) in [5.74, 6) is 0.825. The second-order valence-corrected chi connectivity index (χ2v) is 5.41. The first-order valence-corrected chi connectivity index (χ1v) is 6.66. The van der Waals surface area contributed by atoms with E-state index in [0.717, 1.165) is 12.0 Å². The molecular formula is C15H21N. The van der Waals surface area contributed by atoms with E-state index >= 15 is 0 Å². The van der Waals surface area contributed by atoms with Crippen LogP contribution in [0.2, 0.25) is 0 Å². The number of hydrogen-bond acceptors (Lipinski definition) is 1. The first-order chi connectivity index (χ1) is 7.84. The predicted octanol–water partition coefficient (Wildman–Crippen LogP) is 3.17. The summed E-state index contributed by atoms with van der Waals surface area (Å²) in [7, 11) is 0. The summed E-state index contributed by atoms with van der Waals surface area (Å²) in [4.78, 5) is 0. The third kappa shape index (κ3) is 1.78. The number of nitrogens with one attached hydrogen (secondary N) is 1. The standard InChI is InChI=1S/C15H21N/c1-11-4-2-6-15-12(7-8-14(11)15)10-13-5-3-9-16-13/h2,4,6,12-13,16H,3,5,7-10H2,1H3. The number of hydrogen-bond donors (Lipinski definition) is 1. The molecule has 3 rings (SSSR count). The molecule has 1 heterocycles. The predicted molar refractivity (Wildman–Crippen MR) is 67.9 cm³/mol. The van der Waals surface area contributed by atoms with E-state index in [9.17, 15) is 0 Å². The van der Waals surface area contributed by atoms with Crippen LogP contribution in [0.15, 0.2) is 18.2 Å². The average molecular weight is 215 g/mol. The lowest BCUT2D eigenvalue weighted by Crippen LogP contribution is -2.23. The van der Waals surface area contributed by atoms with Gasteiger partial charge >= 0.3 is 0 Å². The summed E-state index contributed by atoms with van der Waals surface area (Å²) in [6, 6.07) is 7.63. The van der Waals surface area contributed by atoms with E-state index in [-0.39, 0.29) is 0 Å². The van der Waals surface area contributed by atoms with Crippen LogP contribution < -0.4 is 5.32 Å². The van der Waals surface area contributed by atoms with Gasteiger partial charge in [0.2, 0.25) is 0 Å². The normalized spacial score (nSPS) is 28.3. The van der Waals surface area contributed by atoms with Gasteiger partial charge in [-0.25, -0.2) is 0 Å². The Morgan fingerprint density at radius 2 is 2.25 bits per heavy atom. The van der Waals surface area contributed by atoms with Crippen molar-refractivity contribution in [2.45, 2.75) is 51.0 Å². The Morgan fingerprint density at radius 1 is 1.31 bits per heavy atom. The molecule has 0 aromatic heterocycles. The maximum absolute atomic E-state index is 3.63. The van der Waals surface area contributed by atoms with E-state index in [1.165, 1.54) is 44.2 Å². The molecule has 0 amide bonds. The van der Waals surface area contributed by atoms with Gasteiger partial charge in [0.15, 0.2) is 0 Å². The third-order valence-electron chi connectivity index (χ3n) is 4.36. The largest absolute Gasteiger partial charge is 0.314 e. The molecule has 1 heteroatoms. The Hall–Kier alpha value is -0.820. The molecule has 0 spiro atoms. The zero-order chi connectivity index (χ0) is 11.0. The summed E-state index contributed by atoms with van der Waals surface area (Å²) in [5.41, 5.74) is 4.79. The van der Waals surface area contributed by atoms with Crippen molar-refractivity contribution in [3.05, 3.63) is 34.9 Å². The van der Waals surface area contributed by atoms with Gasteiger partial charge in [0, 0.05) is 6.04 Å². The fraction of sp³-hybridized carbons (Fsp3) is 0.600. The Balaban J connectivity index is 1.78. The van der Waals surface area contributed by atoms with E-state index in [1.807, 2.05) is 0 Å². The molecule has 0 saturated carbocycles. The second kappa shape index (κ2) is 4.21. The maximum Gasteiger partial charge on any atom is 0.00733 e. The highest BCUT2D eigenvalue weighted by molar-refractivity contribution is 5.40. The SMILES string of the molecule is Cc1cccc2c1CCC2CC1CCCN1. The molecule has 1 aromatic carbocycles. The highest BCUT2D eigenvalue weighted by Gasteiger charge is 2.27. The number of fused-ring (bicyclic) bond motifs is 1. The van der Waals surface area contributed by atoms with Gasteiger partial charge in [0.25, 0.3) is 0 Å². The molecule has 1 aliphatic carbocycles. The van der Waals surface area contributed by atoms with E-state index in [2.05, 4.69) is 30.4 Å². The van der Waals surface area contributed by atoms with Crippen molar-refractivity contribution in [3.63, 3.8) is 0 Å². The zero-order valence-electron chi connectivity index (χ0n) is 10.1. The lowest BCUT2D eigenvalue weighted by atomic mass is 9.92. The molecule has 16 heavy (non-hydrogen) atoms. The van der Waals surface area contributed by atoms with Crippen molar-refractivity contribution in [3.8, 4) is 0 Å². The van der Waals surface area contributed by atoms with Crippen LogP contribution >= 0.6 is 0 Å². The molecule has 2 aliphatic rings. The number of aryl methyl sites for hydroxylation is 1. The molecule has 0 radical (unpaired) electrons. The van der Waals surface area contributed by atoms with Crippen molar-refractivity contribution >= 4 is 0 Å². The van der Waals surface area contributed by atoms with Gasteiger partial charge in [-0.05, 0) is 68.2 Å². The number of benzene rings is 1. The zero-order valence-corrected chi connectivity index (χ0v) is 10.1. The minimum absolute atomic E-state index is 0.788. The van der Waals surface area contributed by atoms with Crippen LogP contribution in [0.4, 0.5) is 0 Å². The van der Waals surface area contributed by atoms with Gasteiger partial charge in [-0.1, -0.05) is 18.2 Å². The molecule has 2 unspecified atom stereocenters. The van der Waals surface area contributed by atoms with E-state index in [1.54, 1.807) is 11.1 Å². The molecule has 0 bridgehead atoms. The molecule has 1 saturated heterocycles. The average Bonchev–Trinajstić information content (AvgIpc) is 2.90. The van der Waals surface area contributed by atoms with Gasteiger partial charge in [-0.3, -0.25) is 0 Å². The molecule has 1 nitrogen and oxygen atoms in total. The van der Waals surface area contributed by atoms with Crippen LogP contribution in [0.1, 0.15) is 48.3 Å². The Labute approximate surface area is 98.3 Å². The lowest BCUT2D eigenvalue weighted by Gasteiger charge is -2.17. The van der Waals surface area contributed by atoms with Crippen molar-refractivity contribution < 1.29 is 0 Å². The highest BCUT2D eigenvalue weighted by Crippen LogP contribution is 2.38. The minimum atomic E-state index is 0.788. The van der Waals surface area contributed by atoms with Crippen LogP contribution in [-0.4, -0.2) is 12.6 Å². The van der Waals surface area contributed by atoms with Crippen molar-refractivity contribution in [2.75, 3.05) is 6.54 Å². The van der Waals surface area contributed by atoms with Gasteiger partial charge in [0.1, 0.15) is 0 Å². The van der Waals surface area contributed by atoms with Crippen LogP contribution in [0.25, 0.3) is 0 Å². The monoisotopic (exact) mass is 215 g/mol. The van der Waals surface area contributed by atoms with E-state index < -0.39 is 0 Å². The number of rotatable bonds is 2. The second-order valence-electron chi connectivity index (χ2n) is 5.41. The van der Waals surface area contributed by atoms with E-state index in [0.29, 0.717) is 0 Å². The van der Waals surface area contributed by atoms with Crippen molar-refractivity contribution in [2.24, 2.45) is 0 Å². The Kier molecular flexibility index (Phi) is 2.72. The minimum Gasteiger partial charge on any atom is -0.314 e. The van der Waals surface area contributed by atoms with Gasteiger partial charge in [-0.15, -0.1) is 0 Å². The topological polar surface area (TPSA) is 12.0 Å². The fourth-order valence-corrected chi connectivity index (χ4v) is 3.47. The van der Waals surface area contributed by atoms with Crippen molar-refractivity contribution in [1.82, 2.24) is 5.32 Å². The summed E-state index contributed by atoms with van der Waals surface area (Å²) in [6.45, 7) is 3.49.